The van der Waals surface area contributed by atoms with E-state index in [0.717, 1.165) is 90.1 Å². The van der Waals surface area contributed by atoms with Crippen LogP contribution in [0.5, 0.6) is 0 Å². The van der Waals surface area contributed by atoms with Crippen LogP contribution in [0.3, 0.4) is 0 Å². The van der Waals surface area contributed by atoms with Crippen LogP contribution >= 0.6 is 0 Å². The lowest BCUT2D eigenvalue weighted by Gasteiger charge is -2.21. The maximum atomic E-state index is 12.6. The Balaban J connectivity index is 4.09. The molecule has 2 atom stereocenters. The molecule has 0 aromatic heterocycles. The number of nitrogens with zero attached hydrogens (tertiary/aromatic N) is 1. The first-order chi connectivity index (χ1) is 23.5. The Hall–Kier alpha value is -1.34. The first-order valence-corrected chi connectivity index (χ1v) is 20.9. The van der Waals surface area contributed by atoms with Crippen LogP contribution in [0, 0.1) is 0 Å². The van der Waals surface area contributed by atoms with Crippen molar-refractivity contribution in [2.24, 2.45) is 0 Å². The van der Waals surface area contributed by atoms with E-state index in [9.17, 15) is 14.7 Å². The van der Waals surface area contributed by atoms with E-state index in [0.29, 0.717) is 19.6 Å². The molecular formula is C41H81NO6. The minimum absolute atomic E-state index is 0.00566. The Morgan fingerprint density at radius 2 is 0.979 bits per heavy atom. The summed E-state index contributed by atoms with van der Waals surface area (Å²) in [6.45, 7) is 11.8. The topological polar surface area (TPSA) is 85.3 Å². The number of ether oxygens (including phenoxy) is 3. The van der Waals surface area contributed by atoms with Gasteiger partial charge in [0.05, 0.1) is 13.2 Å². The van der Waals surface area contributed by atoms with Crippen LogP contribution in [0.4, 0.5) is 4.79 Å². The minimum Gasteiger partial charge on any atom is -0.462 e. The van der Waals surface area contributed by atoms with E-state index in [1.807, 2.05) is 0 Å². The Morgan fingerprint density at radius 3 is 1.50 bits per heavy atom. The van der Waals surface area contributed by atoms with Gasteiger partial charge in [0.25, 0.3) is 0 Å². The quantitative estimate of drug-likeness (QED) is 0.0515. The average Bonchev–Trinajstić information content (AvgIpc) is 3.08. The lowest BCUT2D eigenvalue weighted by Crippen LogP contribution is -2.29. The molecule has 7 nitrogen and oxygen atoms in total. The molecule has 0 radical (unpaired) electrons. The second-order valence-electron chi connectivity index (χ2n) is 14.1. The van der Waals surface area contributed by atoms with E-state index in [1.54, 1.807) is 0 Å². The predicted octanol–water partition coefficient (Wildman–Crippen LogP) is 11.7. The molecule has 48 heavy (non-hydrogen) atoms. The van der Waals surface area contributed by atoms with E-state index < -0.39 is 6.16 Å². The second kappa shape index (κ2) is 36.9. The van der Waals surface area contributed by atoms with Gasteiger partial charge in [-0.3, -0.25) is 4.79 Å². The third-order valence-electron chi connectivity index (χ3n) is 9.52. The van der Waals surface area contributed by atoms with Crippen LogP contribution in [-0.2, 0) is 19.0 Å². The number of aliphatic hydroxyl groups is 1. The van der Waals surface area contributed by atoms with Crippen molar-refractivity contribution in [3.63, 3.8) is 0 Å². The highest BCUT2D eigenvalue weighted by molar-refractivity contribution is 5.69. The Labute approximate surface area is 298 Å². The fourth-order valence-corrected chi connectivity index (χ4v) is 6.33. The molecule has 0 saturated heterocycles. The van der Waals surface area contributed by atoms with Crippen LogP contribution in [0.2, 0.25) is 0 Å². The molecule has 0 bridgehead atoms. The zero-order valence-corrected chi connectivity index (χ0v) is 32.4. The van der Waals surface area contributed by atoms with Crippen LogP contribution in [0.25, 0.3) is 0 Å². The van der Waals surface area contributed by atoms with Crippen LogP contribution in [0.15, 0.2) is 0 Å². The number of hydrogen-bond donors (Lipinski definition) is 1. The molecule has 0 aliphatic heterocycles. The number of rotatable bonds is 37. The summed E-state index contributed by atoms with van der Waals surface area (Å²) in [5.41, 5.74) is 0. The van der Waals surface area contributed by atoms with Crippen molar-refractivity contribution in [2.45, 2.75) is 220 Å². The van der Waals surface area contributed by atoms with Crippen molar-refractivity contribution in [1.29, 1.82) is 0 Å². The van der Waals surface area contributed by atoms with E-state index in [1.165, 1.54) is 96.3 Å². The lowest BCUT2D eigenvalue weighted by molar-refractivity contribution is -0.150. The summed E-state index contributed by atoms with van der Waals surface area (Å²) in [4.78, 5) is 27.0. The van der Waals surface area contributed by atoms with E-state index in [4.69, 9.17) is 14.2 Å². The molecule has 0 fully saturated rings. The average molecular weight is 684 g/mol. The zero-order valence-electron chi connectivity index (χ0n) is 32.4. The molecule has 0 aliphatic carbocycles. The van der Waals surface area contributed by atoms with Crippen molar-refractivity contribution >= 4 is 12.1 Å². The summed E-state index contributed by atoms with van der Waals surface area (Å²) < 4.78 is 16.8. The fourth-order valence-electron chi connectivity index (χ4n) is 6.33. The Kier molecular flexibility index (Phi) is 35.9. The van der Waals surface area contributed by atoms with Gasteiger partial charge >= 0.3 is 12.1 Å². The van der Waals surface area contributed by atoms with Crippen LogP contribution in [0.1, 0.15) is 207 Å². The first-order valence-electron chi connectivity index (χ1n) is 20.9. The van der Waals surface area contributed by atoms with E-state index in [2.05, 4.69) is 32.6 Å². The molecule has 0 rings (SSSR count). The van der Waals surface area contributed by atoms with Crippen molar-refractivity contribution < 1.29 is 28.9 Å². The van der Waals surface area contributed by atoms with E-state index >= 15 is 0 Å². The monoisotopic (exact) mass is 684 g/mol. The molecular weight excluding hydrogens is 602 g/mol. The first kappa shape index (κ1) is 46.7. The third-order valence-corrected chi connectivity index (χ3v) is 9.52. The fraction of sp³-hybridized carbons (Fsp3) is 0.951. The predicted molar refractivity (Wildman–Crippen MR) is 202 cm³/mol. The molecule has 0 amide bonds. The summed E-state index contributed by atoms with van der Waals surface area (Å²) in [5.74, 6) is -0.00566. The maximum absolute atomic E-state index is 12.6. The number of carbonyl (C=O) groups is 2. The van der Waals surface area contributed by atoms with Gasteiger partial charge in [-0.2, -0.15) is 0 Å². The van der Waals surface area contributed by atoms with E-state index in [-0.39, 0.29) is 24.8 Å². The van der Waals surface area contributed by atoms with Gasteiger partial charge in [0.15, 0.2) is 0 Å². The molecule has 0 aromatic carbocycles. The van der Waals surface area contributed by atoms with Crippen LogP contribution in [-0.4, -0.2) is 67.2 Å². The number of esters is 1. The van der Waals surface area contributed by atoms with Gasteiger partial charge in [0.1, 0.15) is 12.2 Å². The molecule has 0 aromatic rings. The second-order valence-corrected chi connectivity index (χ2v) is 14.1. The summed E-state index contributed by atoms with van der Waals surface area (Å²) in [6.07, 6.45) is 30.8. The molecule has 7 heteroatoms. The highest BCUT2D eigenvalue weighted by Gasteiger charge is 2.15. The molecule has 0 aliphatic rings. The Morgan fingerprint density at radius 1 is 0.521 bits per heavy atom. The van der Waals surface area contributed by atoms with Gasteiger partial charge in [-0.15, -0.1) is 0 Å². The van der Waals surface area contributed by atoms with Crippen molar-refractivity contribution in [3.05, 3.63) is 0 Å². The standard InChI is InChI=1S/C41H81NO6/c1-5-9-12-15-19-24-31-39(30-23-18-14-11-7-3)47-40(44)32-25-20-16-21-26-33-42(35-36-43)34-27-28-37-46-41(45)48-38(8-4)29-22-17-13-10-6-2/h38-39,43H,5-37H2,1-4H3. The highest BCUT2D eigenvalue weighted by atomic mass is 16.7. The molecule has 0 spiro atoms. The van der Waals surface area contributed by atoms with Gasteiger partial charge in [-0.25, -0.2) is 4.79 Å². The van der Waals surface area contributed by atoms with Gasteiger partial charge in [0, 0.05) is 13.0 Å². The van der Waals surface area contributed by atoms with Crippen LogP contribution < -0.4 is 0 Å². The van der Waals surface area contributed by atoms with Gasteiger partial charge in [-0.05, 0) is 83.7 Å². The van der Waals surface area contributed by atoms with Gasteiger partial charge in [-0.1, -0.05) is 130 Å². The zero-order chi connectivity index (χ0) is 35.3. The van der Waals surface area contributed by atoms with Crippen molar-refractivity contribution in [2.75, 3.05) is 32.8 Å². The summed E-state index contributed by atoms with van der Waals surface area (Å²) in [7, 11) is 0. The maximum Gasteiger partial charge on any atom is 0.508 e. The number of carbonyl (C=O) groups excluding carboxylic acids is 2. The minimum atomic E-state index is -0.540. The highest BCUT2D eigenvalue weighted by Crippen LogP contribution is 2.18. The molecule has 0 saturated carbocycles. The SMILES string of the molecule is CCCCCCCCC(CCCCCCC)OC(=O)CCCCCCCN(CCO)CCCCOC(=O)OC(CC)CCCCCCC. The number of aliphatic hydroxyl groups excluding tert-OH is 1. The molecule has 2 unspecified atom stereocenters. The number of unbranched alkanes of at least 4 members (excludes halogenated alkanes) is 18. The lowest BCUT2D eigenvalue weighted by atomic mass is 10.0. The summed E-state index contributed by atoms with van der Waals surface area (Å²) >= 11 is 0. The molecule has 286 valence electrons. The summed E-state index contributed by atoms with van der Waals surface area (Å²) in [6, 6.07) is 0. The molecule has 0 heterocycles. The normalized spacial score (nSPS) is 12.7. The van der Waals surface area contributed by atoms with Crippen molar-refractivity contribution in [3.8, 4) is 0 Å². The smallest absolute Gasteiger partial charge is 0.462 e. The summed E-state index contributed by atoms with van der Waals surface area (Å²) in [5, 5.41) is 9.51. The van der Waals surface area contributed by atoms with Gasteiger partial charge < -0.3 is 24.2 Å². The number of hydrogen-bond acceptors (Lipinski definition) is 7. The Bertz CT molecular complexity index is 690. The largest absolute Gasteiger partial charge is 0.508 e. The third kappa shape index (κ3) is 31.9. The molecule has 1 N–H and O–H groups in total. The van der Waals surface area contributed by atoms with Crippen molar-refractivity contribution in [1.82, 2.24) is 4.90 Å². The van der Waals surface area contributed by atoms with Gasteiger partial charge in [0.2, 0.25) is 0 Å².